The third kappa shape index (κ3) is 3.12. The summed E-state index contributed by atoms with van der Waals surface area (Å²) in [6.45, 7) is 0. The van der Waals surface area contributed by atoms with Gasteiger partial charge in [-0.3, -0.25) is 0 Å². The minimum Gasteiger partial charge on any atom is -0.355 e. The van der Waals surface area contributed by atoms with Gasteiger partial charge in [-0.1, -0.05) is 60.7 Å². The van der Waals surface area contributed by atoms with Crippen molar-refractivity contribution in [3.05, 3.63) is 109 Å². The molecule has 0 fully saturated rings. The number of fused-ring (bicyclic) bond motifs is 6. The van der Waals surface area contributed by atoms with E-state index in [1.54, 1.807) is 0 Å². The predicted octanol–water partition coefficient (Wildman–Crippen LogP) is 9.83. The molecule has 0 aliphatic heterocycles. The molecule has 1 nitrogen and oxygen atoms in total. The van der Waals surface area contributed by atoms with E-state index in [1.807, 2.05) is 22.7 Å². The van der Waals surface area contributed by atoms with Crippen LogP contribution in [-0.4, -0.2) is 0 Å². The Balaban J connectivity index is 1.36. The van der Waals surface area contributed by atoms with Crippen LogP contribution in [0.2, 0.25) is 0 Å². The molecule has 5 aromatic carbocycles. The molecule has 0 amide bonds. The van der Waals surface area contributed by atoms with E-state index in [1.165, 1.54) is 51.5 Å². The van der Waals surface area contributed by atoms with Crippen molar-refractivity contribution in [1.29, 1.82) is 0 Å². The average molecular weight is 458 g/mol. The Morgan fingerprint density at radius 3 is 1.94 bits per heavy atom. The highest BCUT2D eigenvalue weighted by Crippen LogP contribution is 2.41. The first-order valence-corrected chi connectivity index (χ1v) is 12.7. The van der Waals surface area contributed by atoms with E-state index >= 15 is 0 Å². The first-order chi connectivity index (χ1) is 16.3. The quantitative estimate of drug-likeness (QED) is 0.278. The predicted molar refractivity (Wildman–Crippen MR) is 147 cm³/mol. The third-order valence-corrected chi connectivity index (χ3v) is 8.53. The van der Waals surface area contributed by atoms with Crippen molar-refractivity contribution in [3.8, 4) is 11.1 Å². The molecule has 156 valence electrons. The first-order valence-electron chi connectivity index (χ1n) is 11.0. The van der Waals surface area contributed by atoms with Crippen LogP contribution in [-0.2, 0) is 0 Å². The van der Waals surface area contributed by atoms with Crippen molar-refractivity contribution in [2.45, 2.75) is 0 Å². The molecule has 0 bridgehead atoms. The molecule has 2 aromatic heterocycles. The maximum absolute atomic E-state index is 3.67. The second kappa shape index (κ2) is 7.45. The Morgan fingerprint density at radius 2 is 1.09 bits per heavy atom. The Labute approximate surface area is 199 Å². The summed E-state index contributed by atoms with van der Waals surface area (Å²) in [5.74, 6) is 0. The zero-order chi connectivity index (χ0) is 21.8. The number of anilines is 2. The third-order valence-electron chi connectivity index (χ3n) is 6.25. The zero-order valence-corrected chi connectivity index (χ0v) is 19.3. The molecule has 0 spiro atoms. The van der Waals surface area contributed by atoms with Crippen molar-refractivity contribution in [1.82, 2.24) is 0 Å². The molecule has 3 heteroatoms. The number of hydrogen-bond donors (Lipinski definition) is 1. The topological polar surface area (TPSA) is 12.0 Å². The summed E-state index contributed by atoms with van der Waals surface area (Å²) >= 11 is 3.72. The molecule has 0 atom stereocenters. The molecule has 7 rings (SSSR count). The molecule has 7 aromatic rings. The summed E-state index contributed by atoms with van der Waals surface area (Å²) in [5.41, 5.74) is 4.79. The van der Waals surface area contributed by atoms with Crippen LogP contribution in [0.15, 0.2) is 109 Å². The van der Waals surface area contributed by atoms with E-state index in [0.717, 1.165) is 11.4 Å². The number of hydrogen-bond acceptors (Lipinski definition) is 3. The second-order valence-corrected chi connectivity index (χ2v) is 10.5. The van der Waals surface area contributed by atoms with Crippen LogP contribution in [0.3, 0.4) is 0 Å². The van der Waals surface area contributed by atoms with E-state index in [4.69, 9.17) is 0 Å². The second-order valence-electron chi connectivity index (χ2n) is 8.29. The minimum atomic E-state index is 1.11. The largest absolute Gasteiger partial charge is 0.355 e. The van der Waals surface area contributed by atoms with E-state index < -0.39 is 0 Å². The van der Waals surface area contributed by atoms with Gasteiger partial charge in [0, 0.05) is 51.7 Å². The van der Waals surface area contributed by atoms with Crippen molar-refractivity contribution in [2.24, 2.45) is 0 Å². The van der Waals surface area contributed by atoms with Gasteiger partial charge in [0.2, 0.25) is 0 Å². The van der Waals surface area contributed by atoms with Gasteiger partial charge < -0.3 is 5.32 Å². The number of nitrogens with one attached hydrogen (secondary N) is 1. The molecule has 0 aliphatic carbocycles. The number of rotatable bonds is 3. The lowest BCUT2D eigenvalue weighted by molar-refractivity contribution is 1.61. The lowest BCUT2D eigenvalue weighted by Crippen LogP contribution is -1.89. The van der Waals surface area contributed by atoms with E-state index in [0.29, 0.717) is 0 Å². The molecule has 33 heavy (non-hydrogen) atoms. The highest BCUT2D eigenvalue weighted by molar-refractivity contribution is 7.26. The van der Waals surface area contributed by atoms with Crippen LogP contribution in [0.5, 0.6) is 0 Å². The summed E-state index contributed by atoms with van der Waals surface area (Å²) in [6.07, 6.45) is 0. The number of benzene rings is 5. The summed E-state index contributed by atoms with van der Waals surface area (Å²) in [7, 11) is 0. The lowest BCUT2D eigenvalue weighted by atomic mass is 9.99. The molecule has 1 N–H and O–H groups in total. The van der Waals surface area contributed by atoms with Crippen molar-refractivity contribution < 1.29 is 0 Å². The average Bonchev–Trinajstić information content (AvgIpc) is 3.42. The highest BCUT2D eigenvalue weighted by atomic mass is 32.1. The summed E-state index contributed by atoms with van der Waals surface area (Å²) in [5, 5.41) is 8.95. The van der Waals surface area contributed by atoms with Crippen LogP contribution in [0, 0.1) is 0 Å². The molecular formula is C30H19NS2. The van der Waals surface area contributed by atoms with Crippen molar-refractivity contribution in [3.63, 3.8) is 0 Å². The summed E-state index contributed by atoms with van der Waals surface area (Å²) < 4.78 is 5.31. The van der Waals surface area contributed by atoms with E-state index in [9.17, 15) is 0 Å². The van der Waals surface area contributed by atoms with Crippen molar-refractivity contribution in [2.75, 3.05) is 5.32 Å². The van der Waals surface area contributed by atoms with Crippen LogP contribution >= 0.6 is 22.7 Å². The van der Waals surface area contributed by atoms with Gasteiger partial charge in [-0.25, -0.2) is 0 Å². The van der Waals surface area contributed by atoms with E-state index in [-0.39, 0.29) is 0 Å². The molecule has 0 aliphatic rings. The fourth-order valence-electron chi connectivity index (χ4n) is 4.73. The molecule has 0 radical (unpaired) electrons. The maximum Gasteiger partial charge on any atom is 0.0391 e. The molecule has 0 saturated heterocycles. The first kappa shape index (κ1) is 18.9. The van der Waals surface area contributed by atoms with E-state index in [2.05, 4.69) is 115 Å². The van der Waals surface area contributed by atoms with Gasteiger partial charge in [0.05, 0.1) is 0 Å². The normalized spacial score (nSPS) is 11.6. The Bertz CT molecular complexity index is 1790. The monoisotopic (exact) mass is 457 g/mol. The van der Waals surface area contributed by atoms with Crippen LogP contribution in [0.4, 0.5) is 11.4 Å². The smallest absolute Gasteiger partial charge is 0.0391 e. The van der Waals surface area contributed by atoms with Gasteiger partial charge in [-0.2, -0.15) is 0 Å². The van der Waals surface area contributed by atoms with Crippen LogP contribution in [0.25, 0.3) is 51.5 Å². The minimum absolute atomic E-state index is 1.11. The van der Waals surface area contributed by atoms with Crippen molar-refractivity contribution >= 4 is 74.4 Å². The van der Waals surface area contributed by atoms with Gasteiger partial charge in [-0.05, 0) is 59.7 Å². The molecule has 0 unspecified atom stereocenters. The Hall–Kier alpha value is -3.66. The Morgan fingerprint density at radius 1 is 0.455 bits per heavy atom. The van der Waals surface area contributed by atoms with Crippen LogP contribution in [0.1, 0.15) is 0 Å². The molecule has 0 saturated carbocycles. The SMILES string of the molecule is c1ccc(-c2cccc3sc4ccc(Nc5ccc6sc7ccccc7c6c5)cc4c23)cc1. The molecular weight excluding hydrogens is 438 g/mol. The highest BCUT2D eigenvalue weighted by Gasteiger charge is 2.12. The Kier molecular flexibility index (Phi) is 4.26. The van der Waals surface area contributed by atoms with Crippen LogP contribution < -0.4 is 5.32 Å². The zero-order valence-electron chi connectivity index (χ0n) is 17.7. The van der Waals surface area contributed by atoms with Gasteiger partial charge in [0.25, 0.3) is 0 Å². The molecule has 2 heterocycles. The fourth-order valence-corrected chi connectivity index (χ4v) is 6.93. The standard InChI is InChI=1S/C30H19NS2/c1-2-7-19(8-3-1)22-10-6-12-29-30(22)25-18-21(14-16-28(25)33-29)31-20-13-15-27-24(17-20)23-9-4-5-11-26(23)32-27/h1-18,31H. The maximum atomic E-state index is 3.67. The van der Waals surface area contributed by atoms with Gasteiger partial charge in [0.15, 0.2) is 0 Å². The number of thiophene rings is 2. The van der Waals surface area contributed by atoms with Gasteiger partial charge in [-0.15, -0.1) is 22.7 Å². The summed E-state index contributed by atoms with van der Waals surface area (Å²) in [4.78, 5) is 0. The lowest BCUT2D eigenvalue weighted by Gasteiger charge is -2.08. The summed E-state index contributed by atoms with van der Waals surface area (Å²) in [6, 6.07) is 39.4. The van der Waals surface area contributed by atoms with Gasteiger partial charge in [0.1, 0.15) is 0 Å². The van der Waals surface area contributed by atoms with Gasteiger partial charge >= 0.3 is 0 Å². The fraction of sp³-hybridized carbons (Fsp3) is 0.